The number of rotatable bonds is 6. The predicted octanol–water partition coefficient (Wildman–Crippen LogP) is 2.69. The molecule has 0 aromatic heterocycles. The second kappa shape index (κ2) is 6.14. The van der Waals surface area contributed by atoms with E-state index in [1.165, 1.54) is 0 Å². The number of hydrogen-bond acceptors (Lipinski definition) is 2. The zero-order chi connectivity index (χ0) is 11.1. The van der Waals surface area contributed by atoms with Crippen molar-refractivity contribution in [2.75, 3.05) is 7.11 Å². The van der Waals surface area contributed by atoms with Crippen LogP contribution in [0.1, 0.15) is 18.4 Å². The van der Waals surface area contributed by atoms with E-state index in [-0.39, 0.29) is 6.10 Å². The van der Waals surface area contributed by atoms with Gasteiger partial charge in [-0.05, 0) is 17.6 Å². The van der Waals surface area contributed by atoms with E-state index in [4.69, 9.17) is 4.74 Å². The third kappa shape index (κ3) is 3.33. The molecule has 80 valence electrons. The Morgan fingerprint density at radius 1 is 1.47 bits per heavy atom. The van der Waals surface area contributed by atoms with Gasteiger partial charge < -0.3 is 9.53 Å². The Kier molecular flexibility index (Phi) is 4.78. The van der Waals surface area contributed by atoms with Gasteiger partial charge in [-0.15, -0.1) is 0 Å². The lowest BCUT2D eigenvalue weighted by atomic mass is 9.99. The van der Waals surface area contributed by atoms with Crippen molar-refractivity contribution in [3.05, 3.63) is 42.5 Å². The van der Waals surface area contributed by atoms with Gasteiger partial charge >= 0.3 is 0 Å². The monoisotopic (exact) mass is 204 g/mol. The molecule has 0 saturated carbocycles. The summed E-state index contributed by atoms with van der Waals surface area (Å²) in [5.41, 5.74) is 2.00. The first kappa shape index (κ1) is 11.7. The van der Waals surface area contributed by atoms with E-state index in [1.807, 2.05) is 30.3 Å². The molecule has 0 aliphatic heterocycles. The molecule has 0 spiro atoms. The number of benzene rings is 1. The highest BCUT2D eigenvalue weighted by Crippen LogP contribution is 2.20. The van der Waals surface area contributed by atoms with Gasteiger partial charge in [0, 0.05) is 13.5 Å². The SMILES string of the molecule is C=C(c1ccccc1)C(CCC=O)OC. The summed E-state index contributed by atoms with van der Waals surface area (Å²) in [6.07, 6.45) is 2.03. The minimum atomic E-state index is -0.0717. The Hall–Kier alpha value is -1.41. The lowest BCUT2D eigenvalue weighted by Gasteiger charge is -2.17. The molecule has 0 N–H and O–H groups in total. The fraction of sp³-hybridized carbons (Fsp3) is 0.308. The molecule has 1 aromatic rings. The second-order valence-electron chi connectivity index (χ2n) is 3.36. The van der Waals surface area contributed by atoms with Crippen molar-refractivity contribution in [2.24, 2.45) is 0 Å². The van der Waals surface area contributed by atoms with Crippen LogP contribution in [-0.4, -0.2) is 19.5 Å². The molecule has 0 aliphatic rings. The average molecular weight is 204 g/mol. The van der Waals surface area contributed by atoms with E-state index < -0.39 is 0 Å². The van der Waals surface area contributed by atoms with Crippen LogP contribution in [0.25, 0.3) is 5.57 Å². The van der Waals surface area contributed by atoms with Crippen LogP contribution >= 0.6 is 0 Å². The van der Waals surface area contributed by atoms with Gasteiger partial charge in [0.2, 0.25) is 0 Å². The topological polar surface area (TPSA) is 26.3 Å². The first-order valence-corrected chi connectivity index (χ1v) is 5.00. The fourth-order valence-corrected chi connectivity index (χ4v) is 1.49. The number of methoxy groups -OCH3 is 1. The Bertz CT molecular complexity index is 317. The van der Waals surface area contributed by atoms with Crippen molar-refractivity contribution in [1.82, 2.24) is 0 Å². The largest absolute Gasteiger partial charge is 0.377 e. The van der Waals surface area contributed by atoms with Crippen LogP contribution in [-0.2, 0) is 9.53 Å². The maximum atomic E-state index is 10.3. The molecule has 15 heavy (non-hydrogen) atoms. The molecule has 0 amide bonds. The maximum Gasteiger partial charge on any atom is 0.120 e. The van der Waals surface area contributed by atoms with Crippen molar-refractivity contribution >= 4 is 11.9 Å². The Morgan fingerprint density at radius 3 is 2.67 bits per heavy atom. The minimum absolute atomic E-state index is 0.0717. The third-order valence-corrected chi connectivity index (χ3v) is 2.36. The predicted molar refractivity (Wildman–Crippen MR) is 61.6 cm³/mol. The zero-order valence-corrected chi connectivity index (χ0v) is 8.98. The molecule has 0 heterocycles. The van der Waals surface area contributed by atoms with E-state index in [0.717, 1.165) is 17.4 Å². The molecule has 0 aliphatic carbocycles. The summed E-state index contributed by atoms with van der Waals surface area (Å²) >= 11 is 0. The summed E-state index contributed by atoms with van der Waals surface area (Å²) in [4.78, 5) is 10.3. The van der Waals surface area contributed by atoms with Crippen molar-refractivity contribution in [1.29, 1.82) is 0 Å². The zero-order valence-electron chi connectivity index (χ0n) is 8.98. The summed E-state index contributed by atoms with van der Waals surface area (Å²) in [7, 11) is 1.64. The highest BCUT2D eigenvalue weighted by atomic mass is 16.5. The Labute approximate surface area is 90.6 Å². The van der Waals surface area contributed by atoms with Gasteiger partial charge in [0.25, 0.3) is 0 Å². The van der Waals surface area contributed by atoms with Gasteiger partial charge in [0.1, 0.15) is 6.29 Å². The van der Waals surface area contributed by atoms with Gasteiger partial charge in [-0.3, -0.25) is 0 Å². The normalized spacial score (nSPS) is 12.1. The van der Waals surface area contributed by atoms with E-state index >= 15 is 0 Å². The van der Waals surface area contributed by atoms with Crippen molar-refractivity contribution in [3.8, 4) is 0 Å². The van der Waals surface area contributed by atoms with Gasteiger partial charge in [0.05, 0.1) is 6.10 Å². The lowest BCUT2D eigenvalue weighted by molar-refractivity contribution is -0.108. The fourth-order valence-electron chi connectivity index (χ4n) is 1.49. The Balaban J connectivity index is 2.69. The standard InChI is InChI=1S/C13H16O2/c1-11(12-7-4-3-5-8-12)13(15-2)9-6-10-14/h3-5,7-8,10,13H,1,6,9H2,2H3. The van der Waals surface area contributed by atoms with Crippen LogP contribution < -0.4 is 0 Å². The molecule has 1 atom stereocenters. The first-order chi connectivity index (χ1) is 7.29. The smallest absolute Gasteiger partial charge is 0.120 e. The van der Waals surface area contributed by atoms with Crippen LogP contribution in [0.15, 0.2) is 36.9 Å². The number of carbonyl (C=O) groups is 1. The summed E-state index contributed by atoms with van der Waals surface area (Å²) in [5.74, 6) is 0. The summed E-state index contributed by atoms with van der Waals surface area (Å²) in [6, 6.07) is 9.88. The van der Waals surface area contributed by atoms with Gasteiger partial charge in [0.15, 0.2) is 0 Å². The number of ether oxygens (including phenoxy) is 1. The number of hydrogen-bond donors (Lipinski definition) is 0. The van der Waals surface area contributed by atoms with E-state index in [9.17, 15) is 4.79 Å². The second-order valence-corrected chi connectivity index (χ2v) is 3.36. The van der Waals surface area contributed by atoms with Gasteiger partial charge in [-0.1, -0.05) is 36.9 Å². The van der Waals surface area contributed by atoms with Crippen LogP contribution in [0.5, 0.6) is 0 Å². The van der Waals surface area contributed by atoms with Crippen LogP contribution in [0.2, 0.25) is 0 Å². The third-order valence-electron chi connectivity index (χ3n) is 2.36. The van der Waals surface area contributed by atoms with E-state index in [2.05, 4.69) is 6.58 Å². The lowest BCUT2D eigenvalue weighted by Crippen LogP contribution is -2.12. The summed E-state index contributed by atoms with van der Waals surface area (Å²) in [6.45, 7) is 4.01. The van der Waals surface area contributed by atoms with Crippen molar-refractivity contribution in [2.45, 2.75) is 18.9 Å². The van der Waals surface area contributed by atoms with Crippen molar-refractivity contribution in [3.63, 3.8) is 0 Å². The van der Waals surface area contributed by atoms with E-state index in [1.54, 1.807) is 7.11 Å². The van der Waals surface area contributed by atoms with Gasteiger partial charge in [-0.25, -0.2) is 0 Å². The van der Waals surface area contributed by atoms with Crippen LogP contribution in [0, 0.1) is 0 Å². The molecule has 1 aromatic carbocycles. The molecule has 0 saturated heterocycles. The Morgan fingerprint density at radius 2 is 2.13 bits per heavy atom. The minimum Gasteiger partial charge on any atom is -0.377 e. The molecular weight excluding hydrogens is 188 g/mol. The molecule has 0 bridgehead atoms. The quantitative estimate of drug-likeness (QED) is 0.666. The molecular formula is C13H16O2. The molecule has 2 nitrogen and oxygen atoms in total. The first-order valence-electron chi connectivity index (χ1n) is 5.00. The maximum absolute atomic E-state index is 10.3. The molecule has 0 radical (unpaired) electrons. The van der Waals surface area contributed by atoms with Crippen LogP contribution in [0.4, 0.5) is 0 Å². The molecule has 1 rings (SSSR count). The molecule has 2 heteroatoms. The average Bonchev–Trinajstić information content (AvgIpc) is 2.31. The van der Waals surface area contributed by atoms with Crippen LogP contribution in [0.3, 0.4) is 0 Å². The van der Waals surface area contributed by atoms with Crippen molar-refractivity contribution < 1.29 is 9.53 Å². The highest BCUT2D eigenvalue weighted by Gasteiger charge is 2.12. The summed E-state index contributed by atoms with van der Waals surface area (Å²) < 4.78 is 5.31. The highest BCUT2D eigenvalue weighted by molar-refractivity contribution is 5.67. The summed E-state index contributed by atoms with van der Waals surface area (Å²) in [5, 5.41) is 0. The number of aldehydes is 1. The van der Waals surface area contributed by atoms with E-state index in [0.29, 0.717) is 12.8 Å². The molecule has 1 unspecified atom stereocenters. The van der Waals surface area contributed by atoms with Gasteiger partial charge in [-0.2, -0.15) is 0 Å². The molecule has 0 fully saturated rings. The number of carbonyl (C=O) groups excluding carboxylic acids is 1.